The molecule has 1 rings (SSSR count). The van der Waals surface area contributed by atoms with Crippen molar-refractivity contribution in [3.63, 3.8) is 0 Å². The molecular formula is C10H14F3NO3. The number of likely N-dealkylation sites (tertiary alicyclic amines) is 1. The first-order chi connectivity index (χ1) is 7.77. The summed E-state index contributed by atoms with van der Waals surface area (Å²) in [6.45, 7) is 1.36. The molecule has 17 heavy (non-hydrogen) atoms. The normalized spacial score (nSPS) is 25.1. The van der Waals surface area contributed by atoms with E-state index in [0.717, 1.165) is 0 Å². The second-order valence-corrected chi connectivity index (χ2v) is 4.20. The van der Waals surface area contributed by atoms with Gasteiger partial charge in [-0.2, -0.15) is 13.2 Å². The lowest BCUT2D eigenvalue weighted by atomic mass is 9.92. The van der Waals surface area contributed by atoms with Gasteiger partial charge in [0.1, 0.15) is 0 Å². The Hall–Kier alpha value is -1.27. The zero-order valence-electron chi connectivity index (χ0n) is 9.33. The first-order valence-electron chi connectivity index (χ1n) is 5.36. The van der Waals surface area contributed by atoms with Gasteiger partial charge in [-0.1, -0.05) is 13.3 Å². The second-order valence-electron chi connectivity index (χ2n) is 4.20. The molecule has 0 aromatic carbocycles. The van der Waals surface area contributed by atoms with Crippen molar-refractivity contribution in [2.75, 3.05) is 13.1 Å². The third-order valence-electron chi connectivity index (χ3n) is 2.95. The van der Waals surface area contributed by atoms with Gasteiger partial charge < -0.3 is 10.0 Å². The van der Waals surface area contributed by atoms with Crippen molar-refractivity contribution in [3.05, 3.63) is 0 Å². The van der Waals surface area contributed by atoms with Crippen molar-refractivity contribution < 1.29 is 27.9 Å². The first kappa shape index (κ1) is 13.8. The minimum absolute atomic E-state index is 0.122. The number of rotatable bonds is 3. The maximum absolute atomic E-state index is 12.2. The second kappa shape index (κ2) is 4.93. The van der Waals surface area contributed by atoms with Crippen LogP contribution < -0.4 is 0 Å². The van der Waals surface area contributed by atoms with Crippen LogP contribution in [0.4, 0.5) is 13.2 Å². The Morgan fingerprint density at radius 2 is 1.94 bits per heavy atom. The predicted molar refractivity (Wildman–Crippen MR) is 52.2 cm³/mol. The first-order valence-corrected chi connectivity index (χ1v) is 5.36. The van der Waals surface area contributed by atoms with Crippen molar-refractivity contribution in [2.45, 2.75) is 25.9 Å². The van der Waals surface area contributed by atoms with Crippen molar-refractivity contribution in [1.29, 1.82) is 0 Å². The monoisotopic (exact) mass is 253 g/mol. The number of halogens is 3. The molecule has 0 spiro atoms. The van der Waals surface area contributed by atoms with Gasteiger partial charge in [0.2, 0.25) is 0 Å². The predicted octanol–water partition coefficient (Wildman–Crippen LogP) is 1.51. The highest BCUT2D eigenvalue weighted by molar-refractivity contribution is 5.83. The van der Waals surface area contributed by atoms with E-state index in [-0.39, 0.29) is 19.0 Å². The number of carbonyl (C=O) groups is 2. The van der Waals surface area contributed by atoms with Crippen molar-refractivity contribution >= 4 is 11.9 Å². The summed E-state index contributed by atoms with van der Waals surface area (Å²) in [6, 6.07) is 0. The topological polar surface area (TPSA) is 57.6 Å². The number of amides is 1. The Balaban J connectivity index is 2.75. The molecule has 98 valence electrons. The molecule has 1 N–H and O–H groups in total. The quantitative estimate of drug-likeness (QED) is 0.829. The number of hydrogen-bond donors (Lipinski definition) is 1. The van der Waals surface area contributed by atoms with Crippen molar-refractivity contribution in [1.82, 2.24) is 4.90 Å². The van der Waals surface area contributed by atoms with Crippen LogP contribution >= 0.6 is 0 Å². The molecule has 0 aromatic rings. The molecule has 7 heteroatoms. The van der Waals surface area contributed by atoms with Gasteiger partial charge >= 0.3 is 18.1 Å². The van der Waals surface area contributed by atoms with E-state index in [1.165, 1.54) is 0 Å². The highest BCUT2D eigenvalue weighted by Gasteiger charge is 2.48. The van der Waals surface area contributed by atoms with Crippen LogP contribution in [-0.2, 0) is 9.59 Å². The SMILES string of the molecule is CCC[C@@H]1CN(C(=O)C(F)(F)F)C[C@H]1C(=O)O. The van der Waals surface area contributed by atoms with Gasteiger partial charge in [-0.25, -0.2) is 0 Å². The Kier molecular flexibility index (Phi) is 4.00. The van der Waals surface area contributed by atoms with E-state index < -0.39 is 24.0 Å². The third kappa shape index (κ3) is 3.10. The summed E-state index contributed by atoms with van der Waals surface area (Å²) in [5.41, 5.74) is 0. The highest BCUT2D eigenvalue weighted by Crippen LogP contribution is 2.30. The maximum atomic E-state index is 12.2. The average Bonchev–Trinajstić information content (AvgIpc) is 2.60. The van der Waals surface area contributed by atoms with E-state index in [9.17, 15) is 22.8 Å². The van der Waals surface area contributed by atoms with Crippen LogP contribution in [0.3, 0.4) is 0 Å². The molecule has 0 radical (unpaired) electrons. The van der Waals surface area contributed by atoms with E-state index in [4.69, 9.17) is 5.11 Å². The highest BCUT2D eigenvalue weighted by atomic mass is 19.4. The van der Waals surface area contributed by atoms with Crippen LogP contribution in [-0.4, -0.2) is 41.1 Å². The Labute approximate surface area is 96.4 Å². The lowest BCUT2D eigenvalue weighted by molar-refractivity contribution is -0.184. The summed E-state index contributed by atoms with van der Waals surface area (Å²) in [5, 5.41) is 8.89. The lowest BCUT2D eigenvalue weighted by Gasteiger charge is -2.17. The Morgan fingerprint density at radius 1 is 1.35 bits per heavy atom. The van der Waals surface area contributed by atoms with E-state index in [0.29, 0.717) is 17.7 Å². The number of nitrogens with zero attached hydrogens (tertiary/aromatic N) is 1. The van der Waals surface area contributed by atoms with Crippen LogP contribution in [0.5, 0.6) is 0 Å². The van der Waals surface area contributed by atoms with E-state index >= 15 is 0 Å². The summed E-state index contributed by atoms with van der Waals surface area (Å²) in [6.07, 6.45) is -3.73. The summed E-state index contributed by atoms with van der Waals surface area (Å²) >= 11 is 0. The smallest absolute Gasteiger partial charge is 0.471 e. The Bertz CT molecular complexity index is 316. The van der Waals surface area contributed by atoms with Crippen molar-refractivity contribution in [3.8, 4) is 0 Å². The molecule has 0 saturated carbocycles. The molecule has 1 saturated heterocycles. The van der Waals surface area contributed by atoms with Crippen LogP contribution in [0.2, 0.25) is 0 Å². The molecule has 2 atom stereocenters. The van der Waals surface area contributed by atoms with Gasteiger partial charge in [0.25, 0.3) is 0 Å². The zero-order chi connectivity index (χ0) is 13.2. The number of aliphatic carboxylic acids is 1. The van der Waals surface area contributed by atoms with Gasteiger partial charge in [-0.15, -0.1) is 0 Å². The molecule has 4 nitrogen and oxygen atoms in total. The number of hydrogen-bond acceptors (Lipinski definition) is 2. The van der Waals surface area contributed by atoms with Gasteiger partial charge in [0.05, 0.1) is 5.92 Å². The zero-order valence-corrected chi connectivity index (χ0v) is 9.33. The van der Waals surface area contributed by atoms with Gasteiger partial charge in [0.15, 0.2) is 0 Å². The molecule has 1 amide bonds. The van der Waals surface area contributed by atoms with Gasteiger partial charge in [-0.05, 0) is 12.3 Å². The molecular weight excluding hydrogens is 239 g/mol. The fourth-order valence-electron chi connectivity index (χ4n) is 2.16. The van der Waals surface area contributed by atoms with E-state index in [2.05, 4.69) is 0 Å². The van der Waals surface area contributed by atoms with Crippen LogP contribution in [0, 0.1) is 11.8 Å². The summed E-state index contributed by atoms with van der Waals surface area (Å²) in [4.78, 5) is 22.5. The van der Waals surface area contributed by atoms with Gasteiger partial charge in [0, 0.05) is 13.1 Å². The fourth-order valence-corrected chi connectivity index (χ4v) is 2.16. The summed E-state index contributed by atoms with van der Waals surface area (Å²) < 4.78 is 36.6. The molecule has 1 aliphatic heterocycles. The lowest BCUT2D eigenvalue weighted by Crippen LogP contribution is -2.40. The molecule has 1 heterocycles. The summed E-state index contributed by atoms with van der Waals surface area (Å²) in [7, 11) is 0. The largest absolute Gasteiger partial charge is 0.481 e. The standard InChI is InChI=1S/C10H14F3NO3/c1-2-3-6-4-14(5-7(6)8(15)16)9(17)10(11,12)13/h6-7H,2-5H2,1H3,(H,15,16)/t6-,7-/m1/s1. The van der Waals surface area contributed by atoms with Crippen molar-refractivity contribution in [2.24, 2.45) is 11.8 Å². The number of carboxylic acids is 1. The maximum Gasteiger partial charge on any atom is 0.471 e. The Morgan fingerprint density at radius 3 is 2.35 bits per heavy atom. The van der Waals surface area contributed by atoms with E-state index in [1.54, 1.807) is 0 Å². The number of carboxylic acid groups (broad SMARTS) is 1. The van der Waals surface area contributed by atoms with Crippen LogP contribution in [0.25, 0.3) is 0 Å². The molecule has 0 aliphatic carbocycles. The minimum Gasteiger partial charge on any atom is -0.481 e. The minimum atomic E-state index is -4.93. The summed E-state index contributed by atoms with van der Waals surface area (Å²) in [5.74, 6) is -4.35. The number of alkyl halides is 3. The van der Waals surface area contributed by atoms with Crippen LogP contribution in [0.1, 0.15) is 19.8 Å². The fraction of sp³-hybridized carbons (Fsp3) is 0.800. The van der Waals surface area contributed by atoms with E-state index in [1.807, 2.05) is 6.92 Å². The van der Waals surface area contributed by atoms with Gasteiger partial charge in [-0.3, -0.25) is 9.59 Å². The molecule has 1 aliphatic rings. The molecule has 1 fully saturated rings. The van der Waals surface area contributed by atoms with Crippen LogP contribution in [0.15, 0.2) is 0 Å². The average molecular weight is 253 g/mol. The molecule has 0 bridgehead atoms. The molecule has 0 unspecified atom stereocenters. The molecule has 0 aromatic heterocycles. The number of carbonyl (C=O) groups excluding carboxylic acids is 1. The third-order valence-corrected chi connectivity index (χ3v) is 2.95.